The SMILES string of the molecule is Cn1ccc2cc(S(=O)(=O)N3CCCC(C(=O)O)C3)ccc21. The summed E-state index contributed by atoms with van der Waals surface area (Å²) in [6.45, 7) is 0.420. The number of rotatable bonds is 3. The van der Waals surface area contributed by atoms with Crippen LogP contribution < -0.4 is 0 Å². The first kappa shape index (κ1) is 15.1. The number of nitrogens with zero attached hydrogens (tertiary/aromatic N) is 2. The highest BCUT2D eigenvalue weighted by Crippen LogP contribution is 2.26. The lowest BCUT2D eigenvalue weighted by Gasteiger charge is -2.29. The van der Waals surface area contributed by atoms with Gasteiger partial charge in [-0.3, -0.25) is 4.79 Å². The van der Waals surface area contributed by atoms with Gasteiger partial charge in [-0.05, 0) is 37.1 Å². The number of carboxylic acids is 1. The van der Waals surface area contributed by atoms with Crippen LogP contribution in [0.4, 0.5) is 0 Å². The average molecular weight is 322 g/mol. The minimum absolute atomic E-state index is 0.0461. The molecule has 1 atom stereocenters. The van der Waals surface area contributed by atoms with Gasteiger partial charge >= 0.3 is 5.97 Å². The first-order valence-electron chi connectivity index (χ1n) is 7.17. The minimum Gasteiger partial charge on any atom is -0.481 e. The Morgan fingerprint density at radius 2 is 2.09 bits per heavy atom. The summed E-state index contributed by atoms with van der Waals surface area (Å²) in [5.74, 6) is -1.55. The van der Waals surface area contributed by atoms with Crippen molar-refractivity contribution in [1.29, 1.82) is 0 Å². The van der Waals surface area contributed by atoms with Crippen LogP contribution in [0.25, 0.3) is 10.9 Å². The van der Waals surface area contributed by atoms with Crippen LogP contribution in [0.2, 0.25) is 0 Å². The third kappa shape index (κ3) is 2.50. The summed E-state index contributed by atoms with van der Waals surface area (Å²) in [5.41, 5.74) is 0.959. The highest BCUT2D eigenvalue weighted by Gasteiger charge is 2.33. The van der Waals surface area contributed by atoms with E-state index >= 15 is 0 Å². The zero-order valence-electron chi connectivity index (χ0n) is 12.3. The molecule has 6 nitrogen and oxygen atoms in total. The second-order valence-corrected chi connectivity index (χ2v) is 7.63. The molecule has 1 unspecified atom stereocenters. The lowest BCUT2D eigenvalue weighted by atomic mass is 10.0. The molecule has 1 aromatic heterocycles. The van der Waals surface area contributed by atoms with Gasteiger partial charge < -0.3 is 9.67 Å². The second kappa shape index (κ2) is 5.40. The molecule has 1 aromatic carbocycles. The lowest BCUT2D eigenvalue weighted by Crippen LogP contribution is -2.42. The number of carboxylic acid groups (broad SMARTS) is 1. The zero-order chi connectivity index (χ0) is 15.9. The van der Waals surface area contributed by atoms with Gasteiger partial charge in [0.2, 0.25) is 10.0 Å². The summed E-state index contributed by atoms with van der Waals surface area (Å²) in [6.07, 6.45) is 2.98. The van der Waals surface area contributed by atoms with Crippen LogP contribution in [0.3, 0.4) is 0 Å². The Balaban J connectivity index is 1.95. The fourth-order valence-corrected chi connectivity index (χ4v) is 4.49. The van der Waals surface area contributed by atoms with Crippen molar-refractivity contribution < 1.29 is 18.3 Å². The predicted molar refractivity (Wildman–Crippen MR) is 82.0 cm³/mol. The monoisotopic (exact) mass is 322 g/mol. The van der Waals surface area contributed by atoms with Gasteiger partial charge in [-0.2, -0.15) is 4.31 Å². The van der Waals surface area contributed by atoms with Crippen molar-refractivity contribution >= 4 is 26.9 Å². The molecule has 22 heavy (non-hydrogen) atoms. The van der Waals surface area contributed by atoms with E-state index < -0.39 is 21.9 Å². The van der Waals surface area contributed by atoms with Crippen molar-refractivity contribution in [2.45, 2.75) is 17.7 Å². The number of fused-ring (bicyclic) bond motifs is 1. The Labute approximate surface area is 129 Å². The molecule has 0 radical (unpaired) electrons. The Morgan fingerprint density at radius 1 is 1.32 bits per heavy atom. The number of hydrogen-bond acceptors (Lipinski definition) is 3. The fraction of sp³-hybridized carbons (Fsp3) is 0.400. The van der Waals surface area contributed by atoms with Gasteiger partial charge in [0, 0.05) is 37.2 Å². The molecule has 1 saturated heterocycles. The first-order valence-corrected chi connectivity index (χ1v) is 8.61. The molecule has 1 N–H and O–H groups in total. The van der Waals surface area contributed by atoms with E-state index in [0.29, 0.717) is 19.4 Å². The van der Waals surface area contributed by atoms with Crippen LogP contribution in [0.5, 0.6) is 0 Å². The smallest absolute Gasteiger partial charge is 0.307 e. The number of aliphatic carboxylic acids is 1. The highest BCUT2D eigenvalue weighted by molar-refractivity contribution is 7.89. The topological polar surface area (TPSA) is 79.6 Å². The van der Waals surface area contributed by atoms with E-state index in [0.717, 1.165) is 10.9 Å². The van der Waals surface area contributed by atoms with E-state index in [2.05, 4.69) is 0 Å². The quantitative estimate of drug-likeness (QED) is 0.932. The van der Waals surface area contributed by atoms with Crippen LogP contribution in [0, 0.1) is 5.92 Å². The molecule has 1 aliphatic rings. The molecule has 118 valence electrons. The Bertz CT molecular complexity index is 825. The van der Waals surface area contributed by atoms with Crippen LogP contribution in [0.1, 0.15) is 12.8 Å². The summed E-state index contributed by atoms with van der Waals surface area (Å²) < 4.78 is 28.7. The Kier molecular flexibility index (Phi) is 3.70. The molecule has 0 aliphatic carbocycles. The largest absolute Gasteiger partial charge is 0.481 e. The summed E-state index contributed by atoms with van der Waals surface area (Å²) in [7, 11) is -1.75. The fourth-order valence-electron chi connectivity index (χ4n) is 2.93. The van der Waals surface area contributed by atoms with Crippen molar-refractivity contribution in [1.82, 2.24) is 8.87 Å². The van der Waals surface area contributed by atoms with Gasteiger partial charge in [-0.25, -0.2) is 8.42 Å². The third-order valence-corrected chi connectivity index (χ3v) is 6.09. The predicted octanol–water partition coefficient (Wildman–Crippen LogP) is 1.66. The standard InChI is InChI=1S/C15H18N2O4S/c1-16-8-6-11-9-13(4-5-14(11)16)22(20,21)17-7-2-3-12(10-17)15(18)19/h4-6,8-9,12H,2-3,7,10H2,1H3,(H,18,19). The van der Waals surface area contributed by atoms with Crippen LogP contribution >= 0.6 is 0 Å². The van der Waals surface area contributed by atoms with Crippen molar-refractivity contribution in [2.75, 3.05) is 13.1 Å². The Morgan fingerprint density at radius 3 is 2.82 bits per heavy atom. The summed E-state index contributed by atoms with van der Waals surface area (Å²) in [5, 5.41) is 9.97. The third-order valence-electron chi connectivity index (χ3n) is 4.23. The maximum atomic E-state index is 12.7. The number of hydrogen-bond donors (Lipinski definition) is 1. The number of benzene rings is 1. The van der Waals surface area contributed by atoms with E-state index in [4.69, 9.17) is 5.11 Å². The van der Waals surface area contributed by atoms with Gasteiger partial charge in [-0.15, -0.1) is 0 Å². The molecule has 2 heterocycles. The first-order chi connectivity index (χ1) is 10.4. The average Bonchev–Trinajstić information content (AvgIpc) is 2.88. The molecule has 0 saturated carbocycles. The van der Waals surface area contributed by atoms with E-state index in [9.17, 15) is 13.2 Å². The molecule has 1 fully saturated rings. The molecule has 7 heteroatoms. The number of aryl methyl sites for hydroxylation is 1. The highest BCUT2D eigenvalue weighted by atomic mass is 32.2. The van der Waals surface area contributed by atoms with E-state index in [1.807, 2.05) is 23.9 Å². The molecule has 2 aromatic rings. The number of sulfonamides is 1. The van der Waals surface area contributed by atoms with E-state index in [-0.39, 0.29) is 11.4 Å². The van der Waals surface area contributed by atoms with Gasteiger partial charge in [0.25, 0.3) is 0 Å². The van der Waals surface area contributed by atoms with Crippen LogP contribution in [-0.4, -0.2) is 41.5 Å². The molecular formula is C15H18N2O4S. The van der Waals surface area contributed by atoms with Gasteiger partial charge in [0.15, 0.2) is 0 Å². The van der Waals surface area contributed by atoms with Crippen molar-refractivity contribution in [3.63, 3.8) is 0 Å². The zero-order valence-corrected chi connectivity index (χ0v) is 13.1. The molecule has 3 rings (SSSR count). The number of piperidine rings is 1. The summed E-state index contributed by atoms with van der Waals surface area (Å²) in [6, 6.07) is 6.88. The Hall–Kier alpha value is -1.86. The molecular weight excluding hydrogens is 304 g/mol. The normalized spacial score (nSPS) is 20.3. The second-order valence-electron chi connectivity index (χ2n) is 5.69. The molecule has 0 amide bonds. The maximum absolute atomic E-state index is 12.7. The van der Waals surface area contributed by atoms with Crippen molar-refractivity contribution in [3.05, 3.63) is 30.5 Å². The minimum atomic E-state index is -3.65. The van der Waals surface area contributed by atoms with Gasteiger partial charge in [0.1, 0.15) is 0 Å². The van der Waals surface area contributed by atoms with Crippen LogP contribution in [0.15, 0.2) is 35.4 Å². The summed E-state index contributed by atoms with van der Waals surface area (Å²) in [4.78, 5) is 11.3. The van der Waals surface area contributed by atoms with E-state index in [1.54, 1.807) is 18.2 Å². The summed E-state index contributed by atoms with van der Waals surface area (Å²) >= 11 is 0. The van der Waals surface area contributed by atoms with Crippen LogP contribution in [-0.2, 0) is 21.9 Å². The van der Waals surface area contributed by atoms with Crippen molar-refractivity contribution in [2.24, 2.45) is 13.0 Å². The van der Waals surface area contributed by atoms with Crippen molar-refractivity contribution in [3.8, 4) is 0 Å². The molecule has 0 bridgehead atoms. The molecule has 0 spiro atoms. The van der Waals surface area contributed by atoms with E-state index in [1.165, 1.54) is 4.31 Å². The molecule has 1 aliphatic heterocycles. The maximum Gasteiger partial charge on any atom is 0.307 e. The number of aromatic nitrogens is 1. The lowest BCUT2D eigenvalue weighted by molar-refractivity contribution is -0.142. The number of carbonyl (C=O) groups is 1. The van der Waals surface area contributed by atoms with Gasteiger partial charge in [0.05, 0.1) is 10.8 Å². The van der Waals surface area contributed by atoms with Gasteiger partial charge in [-0.1, -0.05) is 0 Å².